The van der Waals surface area contributed by atoms with E-state index in [4.69, 9.17) is 0 Å². The molecule has 0 aromatic heterocycles. The molecule has 1 N–H and O–H groups in total. The minimum absolute atomic E-state index is 0.249. The van der Waals surface area contributed by atoms with Gasteiger partial charge in [-0.15, -0.1) is 0 Å². The normalized spacial score (nSPS) is 12.2. The first-order valence-electron chi connectivity index (χ1n) is 6.63. The van der Waals surface area contributed by atoms with Gasteiger partial charge in [-0.3, -0.25) is 0 Å². The van der Waals surface area contributed by atoms with Crippen LogP contribution in [-0.4, -0.2) is 12.6 Å². The molecule has 0 bridgehead atoms. The Bertz CT molecular complexity index is 344. The van der Waals surface area contributed by atoms with Crippen LogP contribution in [0.25, 0.3) is 0 Å². The van der Waals surface area contributed by atoms with Gasteiger partial charge in [0.1, 0.15) is 0 Å². The molecule has 0 radical (unpaired) electrons. The van der Waals surface area contributed by atoms with Gasteiger partial charge in [-0.1, -0.05) is 57.0 Å². The highest BCUT2D eigenvalue weighted by atomic mass is 14.9. The first kappa shape index (κ1) is 14.2. The maximum absolute atomic E-state index is 3.50. The molecule has 0 aliphatic carbocycles. The lowest BCUT2D eigenvalue weighted by Crippen LogP contribution is -2.29. The maximum atomic E-state index is 3.50. The van der Waals surface area contributed by atoms with Crippen molar-refractivity contribution in [3.63, 3.8) is 0 Å². The number of hydrogen-bond donors (Lipinski definition) is 1. The topological polar surface area (TPSA) is 12.0 Å². The van der Waals surface area contributed by atoms with Gasteiger partial charge in [0.25, 0.3) is 0 Å². The maximum Gasteiger partial charge on any atom is 0.00103 e. The first-order valence-corrected chi connectivity index (χ1v) is 6.63. The van der Waals surface area contributed by atoms with Gasteiger partial charge in [-0.25, -0.2) is 0 Å². The minimum atomic E-state index is 0.249. The summed E-state index contributed by atoms with van der Waals surface area (Å²) in [6.45, 7) is 14.5. The Morgan fingerprint density at radius 1 is 1.06 bits per heavy atom. The predicted molar refractivity (Wildman–Crippen MR) is 76.7 cm³/mol. The summed E-state index contributed by atoms with van der Waals surface area (Å²) in [4.78, 5) is 0. The molecule has 0 unspecified atom stereocenters. The van der Waals surface area contributed by atoms with Crippen LogP contribution in [-0.2, 0) is 5.41 Å². The third-order valence-corrected chi connectivity index (χ3v) is 3.31. The van der Waals surface area contributed by atoms with Crippen LogP contribution >= 0.6 is 0 Å². The van der Waals surface area contributed by atoms with Crippen LogP contribution < -0.4 is 5.32 Å². The molecule has 1 nitrogen and oxygen atoms in total. The molecule has 1 aromatic carbocycles. The molecule has 0 spiro atoms. The van der Waals surface area contributed by atoms with E-state index in [-0.39, 0.29) is 5.41 Å². The second kappa shape index (κ2) is 5.68. The Labute approximate surface area is 107 Å². The Balaban J connectivity index is 2.74. The summed E-state index contributed by atoms with van der Waals surface area (Å²) in [5, 5.41) is 3.50. The van der Waals surface area contributed by atoms with Crippen LogP contribution in [0.5, 0.6) is 0 Å². The smallest absolute Gasteiger partial charge is 0.00103 e. The van der Waals surface area contributed by atoms with Crippen LogP contribution in [0.4, 0.5) is 0 Å². The fourth-order valence-corrected chi connectivity index (χ4v) is 2.18. The van der Waals surface area contributed by atoms with E-state index in [2.05, 4.69) is 65.1 Å². The number of aryl methyl sites for hydroxylation is 2. The van der Waals surface area contributed by atoms with Crippen LogP contribution in [0, 0.1) is 13.8 Å². The van der Waals surface area contributed by atoms with Crippen molar-refractivity contribution in [2.45, 2.75) is 59.4 Å². The van der Waals surface area contributed by atoms with Gasteiger partial charge in [0.2, 0.25) is 0 Å². The third kappa shape index (κ3) is 4.51. The molecule has 0 fully saturated rings. The monoisotopic (exact) mass is 233 g/mol. The van der Waals surface area contributed by atoms with Crippen LogP contribution in [0.2, 0.25) is 0 Å². The van der Waals surface area contributed by atoms with Crippen molar-refractivity contribution in [2.75, 3.05) is 6.54 Å². The third-order valence-electron chi connectivity index (χ3n) is 3.31. The number of hydrogen-bond acceptors (Lipinski definition) is 1. The van der Waals surface area contributed by atoms with Gasteiger partial charge in [-0.05, 0) is 37.8 Å². The van der Waals surface area contributed by atoms with Crippen molar-refractivity contribution in [1.29, 1.82) is 0 Å². The molecular formula is C16H27N. The highest BCUT2D eigenvalue weighted by Crippen LogP contribution is 2.28. The zero-order valence-electron chi connectivity index (χ0n) is 12.2. The van der Waals surface area contributed by atoms with E-state index < -0.39 is 0 Å². The van der Waals surface area contributed by atoms with Gasteiger partial charge in [0.15, 0.2) is 0 Å². The SMILES string of the molecule is Cc1cc(C)cc(C(C)(C)CCNC(C)C)c1. The lowest BCUT2D eigenvalue weighted by atomic mass is 9.80. The highest BCUT2D eigenvalue weighted by molar-refractivity contribution is 5.33. The predicted octanol–water partition coefficient (Wildman–Crippen LogP) is 3.97. The van der Waals surface area contributed by atoms with Crippen LogP contribution in [0.1, 0.15) is 50.8 Å². The molecule has 0 aliphatic rings. The Morgan fingerprint density at radius 2 is 1.59 bits per heavy atom. The van der Waals surface area contributed by atoms with Crippen molar-refractivity contribution < 1.29 is 0 Å². The zero-order chi connectivity index (χ0) is 13.1. The largest absolute Gasteiger partial charge is 0.315 e. The minimum Gasteiger partial charge on any atom is -0.315 e. The van der Waals surface area contributed by atoms with Gasteiger partial charge in [-0.2, -0.15) is 0 Å². The summed E-state index contributed by atoms with van der Waals surface area (Å²) < 4.78 is 0. The van der Waals surface area contributed by atoms with Gasteiger partial charge < -0.3 is 5.32 Å². The fraction of sp³-hybridized carbons (Fsp3) is 0.625. The van der Waals surface area contributed by atoms with Crippen LogP contribution in [0.15, 0.2) is 18.2 Å². The Kier molecular flexibility index (Phi) is 4.76. The average molecular weight is 233 g/mol. The molecule has 96 valence electrons. The molecule has 1 aromatic rings. The van der Waals surface area contributed by atoms with Crippen LogP contribution in [0.3, 0.4) is 0 Å². The molecule has 0 heterocycles. The van der Waals surface area contributed by atoms with Crippen molar-refractivity contribution in [3.8, 4) is 0 Å². The molecule has 0 atom stereocenters. The van der Waals surface area contributed by atoms with Gasteiger partial charge in [0, 0.05) is 6.04 Å². The number of benzene rings is 1. The summed E-state index contributed by atoms with van der Waals surface area (Å²) in [6, 6.07) is 7.46. The van der Waals surface area contributed by atoms with Gasteiger partial charge in [0.05, 0.1) is 0 Å². The lowest BCUT2D eigenvalue weighted by molar-refractivity contribution is 0.441. The summed E-state index contributed by atoms with van der Waals surface area (Å²) in [5.41, 5.74) is 4.44. The lowest BCUT2D eigenvalue weighted by Gasteiger charge is -2.27. The van der Waals surface area contributed by atoms with E-state index >= 15 is 0 Å². The summed E-state index contributed by atoms with van der Waals surface area (Å²) in [5.74, 6) is 0. The molecule has 1 rings (SSSR count). The van der Waals surface area contributed by atoms with Crippen molar-refractivity contribution in [2.24, 2.45) is 0 Å². The van der Waals surface area contributed by atoms with E-state index in [1.54, 1.807) is 0 Å². The van der Waals surface area contributed by atoms with Crippen molar-refractivity contribution >= 4 is 0 Å². The molecule has 0 aliphatic heterocycles. The molecule has 17 heavy (non-hydrogen) atoms. The van der Waals surface area contributed by atoms with E-state index in [1.165, 1.54) is 23.1 Å². The molecule has 0 saturated carbocycles. The molecular weight excluding hydrogens is 206 g/mol. The van der Waals surface area contributed by atoms with E-state index in [0.717, 1.165) is 6.54 Å². The Hall–Kier alpha value is -0.820. The fourth-order valence-electron chi connectivity index (χ4n) is 2.18. The zero-order valence-corrected chi connectivity index (χ0v) is 12.2. The van der Waals surface area contributed by atoms with E-state index in [0.29, 0.717) is 6.04 Å². The van der Waals surface area contributed by atoms with Crippen molar-refractivity contribution in [1.82, 2.24) is 5.32 Å². The van der Waals surface area contributed by atoms with Gasteiger partial charge >= 0.3 is 0 Å². The van der Waals surface area contributed by atoms with E-state index in [1.807, 2.05) is 0 Å². The second-order valence-electron chi connectivity index (χ2n) is 6.12. The summed E-state index contributed by atoms with van der Waals surface area (Å²) >= 11 is 0. The highest BCUT2D eigenvalue weighted by Gasteiger charge is 2.20. The standard InChI is InChI=1S/C16H27N/c1-12(2)17-8-7-16(5,6)15-10-13(3)9-14(4)11-15/h9-12,17H,7-8H2,1-6H3. The Morgan fingerprint density at radius 3 is 2.06 bits per heavy atom. The number of rotatable bonds is 5. The average Bonchev–Trinajstić information content (AvgIpc) is 2.14. The quantitative estimate of drug-likeness (QED) is 0.811. The number of nitrogens with one attached hydrogen (secondary N) is 1. The van der Waals surface area contributed by atoms with E-state index in [9.17, 15) is 0 Å². The second-order valence-corrected chi connectivity index (χ2v) is 6.12. The molecule has 1 heteroatoms. The summed E-state index contributed by atoms with van der Waals surface area (Å²) in [7, 11) is 0. The molecule has 0 amide bonds. The summed E-state index contributed by atoms with van der Waals surface area (Å²) in [6.07, 6.45) is 1.17. The first-order chi connectivity index (χ1) is 7.81. The van der Waals surface area contributed by atoms with Crippen molar-refractivity contribution in [3.05, 3.63) is 34.9 Å². The molecule has 0 saturated heterocycles.